The molecule has 2 N–H and O–H groups in total. The average molecular weight is 241 g/mol. The van der Waals surface area contributed by atoms with Crippen molar-refractivity contribution in [3.63, 3.8) is 0 Å². The van der Waals surface area contributed by atoms with Crippen LogP contribution in [0.5, 0.6) is 0 Å². The molecule has 17 heavy (non-hydrogen) atoms. The minimum absolute atomic E-state index is 0.0180. The van der Waals surface area contributed by atoms with Crippen LogP contribution in [0.15, 0.2) is 0 Å². The van der Waals surface area contributed by atoms with Crippen molar-refractivity contribution in [3.05, 3.63) is 0 Å². The predicted molar refractivity (Wildman–Crippen MR) is 60.3 cm³/mol. The molecule has 2 saturated carbocycles. The first-order valence-electron chi connectivity index (χ1n) is 6.29. The maximum atomic E-state index is 12.1. The van der Waals surface area contributed by atoms with E-state index in [0.717, 1.165) is 19.3 Å². The van der Waals surface area contributed by atoms with Gasteiger partial charge in [-0.3, -0.25) is 9.59 Å². The highest BCUT2D eigenvalue weighted by atomic mass is 16.4. The van der Waals surface area contributed by atoms with E-state index in [9.17, 15) is 9.59 Å². The highest BCUT2D eigenvalue weighted by molar-refractivity contribution is 5.89. The normalized spacial score (nSPS) is 27.4. The average Bonchev–Trinajstić information content (AvgIpc) is 3.00. The highest BCUT2D eigenvalue weighted by Crippen LogP contribution is 2.41. The molecule has 1 amide bonds. The first kappa shape index (κ1) is 12.4. The van der Waals surface area contributed by atoms with Crippen molar-refractivity contribution in [1.82, 2.24) is 4.90 Å². The summed E-state index contributed by atoms with van der Waals surface area (Å²) in [6, 6.07) is 0.282. The smallest absolute Gasteiger partial charge is 0.307 e. The van der Waals surface area contributed by atoms with Crippen LogP contribution in [0.25, 0.3) is 0 Å². The van der Waals surface area contributed by atoms with E-state index < -0.39 is 11.9 Å². The largest absolute Gasteiger partial charge is 0.481 e. The Hall–Kier alpha value is -1.10. The lowest BCUT2D eigenvalue weighted by atomic mass is 9.91. The van der Waals surface area contributed by atoms with E-state index in [-0.39, 0.29) is 24.5 Å². The number of rotatable bonds is 6. The maximum absolute atomic E-state index is 12.1. The van der Waals surface area contributed by atoms with Gasteiger partial charge in [0.15, 0.2) is 0 Å². The molecule has 0 radical (unpaired) electrons. The number of aliphatic carboxylic acids is 1. The Morgan fingerprint density at radius 1 is 1.24 bits per heavy atom. The molecule has 0 bridgehead atoms. The molecule has 96 valence electrons. The number of aliphatic hydroxyl groups excluding tert-OH is 1. The van der Waals surface area contributed by atoms with E-state index in [1.165, 1.54) is 0 Å². The molecule has 0 aliphatic heterocycles. The van der Waals surface area contributed by atoms with Gasteiger partial charge in [0.1, 0.15) is 0 Å². The second-order valence-corrected chi connectivity index (χ2v) is 4.98. The third kappa shape index (κ3) is 2.60. The molecule has 0 aromatic heterocycles. The zero-order valence-electron chi connectivity index (χ0n) is 9.84. The summed E-state index contributed by atoms with van der Waals surface area (Å²) < 4.78 is 0. The van der Waals surface area contributed by atoms with Crippen LogP contribution in [0.4, 0.5) is 0 Å². The standard InChI is InChI=1S/C12H19NO4/c14-6-2-5-13(8-3-1-4-8)11(15)9-7-10(9)12(16)17/h8-10,14H,1-7H2,(H,16,17)/t9-,10+/m1/s1. The number of carbonyl (C=O) groups is 2. The van der Waals surface area contributed by atoms with Crippen LogP contribution in [-0.4, -0.2) is 46.2 Å². The monoisotopic (exact) mass is 241 g/mol. The minimum Gasteiger partial charge on any atom is -0.481 e. The Balaban J connectivity index is 1.91. The molecule has 0 heterocycles. The van der Waals surface area contributed by atoms with Gasteiger partial charge in [-0.15, -0.1) is 0 Å². The molecule has 0 spiro atoms. The zero-order chi connectivity index (χ0) is 12.4. The summed E-state index contributed by atoms with van der Waals surface area (Å²) in [5, 5.41) is 17.7. The first-order chi connectivity index (χ1) is 8.15. The molecule has 5 heteroatoms. The van der Waals surface area contributed by atoms with Crippen LogP contribution in [0.2, 0.25) is 0 Å². The van der Waals surface area contributed by atoms with Gasteiger partial charge in [-0.1, -0.05) is 0 Å². The first-order valence-corrected chi connectivity index (χ1v) is 6.29. The van der Waals surface area contributed by atoms with Crippen molar-refractivity contribution in [2.45, 2.75) is 38.1 Å². The summed E-state index contributed by atoms with van der Waals surface area (Å²) in [7, 11) is 0. The van der Waals surface area contributed by atoms with Gasteiger partial charge in [-0.2, -0.15) is 0 Å². The van der Waals surface area contributed by atoms with Crippen LogP contribution in [-0.2, 0) is 9.59 Å². The Labute approximate surface area is 100 Å². The molecular weight excluding hydrogens is 222 g/mol. The van der Waals surface area contributed by atoms with Gasteiger partial charge in [0.2, 0.25) is 5.91 Å². The fourth-order valence-corrected chi connectivity index (χ4v) is 2.37. The van der Waals surface area contributed by atoms with E-state index in [1.54, 1.807) is 4.90 Å². The molecule has 0 saturated heterocycles. The van der Waals surface area contributed by atoms with Gasteiger partial charge >= 0.3 is 5.97 Å². The van der Waals surface area contributed by atoms with Gasteiger partial charge in [0, 0.05) is 19.2 Å². The van der Waals surface area contributed by atoms with E-state index in [1.807, 2.05) is 0 Å². The molecule has 2 aliphatic rings. The Bertz CT molecular complexity index is 314. The summed E-state index contributed by atoms with van der Waals surface area (Å²) >= 11 is 0. The fourth-order valence-electron chi connectivity index (χ4n) is 2.37. The number of aliphatic hydroxyl groups is 1. The number of carboxylic acids is 1. The van der Waals surface area contributed by atoms with Crippen molar-refractivity contribution >= 4 is 11.9 Å². The van der Waals surface area contributed by atoms with E-state index in [0.29, 0.717) is 19.4 Å². The van der Waals surface area contributed by atoms with Crippen LogP contribution >= 0.6 is 0 Å². The Kier molecular flexibility index (Phi) is 3.66. The van der Waals surface area contributed by atoms with Gasteiger partial charge in [-0.25, -0.2) is 0 Å². The molecule has 2 aliphatic carbocycles. The summed E-state index contributed by atoms with van der Waals surface area (Å²) in [6.45, 7) is 0.631. The minimum atomic E-state index is -0.862. The Morgan fingerprint density at radius 2 is 1.94 bits per heavy atom. The lowest BCUT2D eigenvalue weighted by molar-refractivity contribution is -0.143. The van der Waals surface area contributed by atoms with Crippen LogP contribution in [0.3, 0.4) is 0 Å². The van der Waals surface area contributed by atoms with E-state index in [4.69, 9.17) is 10.2 Å². The quantitative estimate of drug-likeness (QED) is 0.708. The number of carboxylic acid groups (broad SMARTS) is 1. The molecule has 0 unspecified atom stereocenters. The zero-order valence-corrected chi connectivity index (χ0v) is 9.84. The lowest BCUT2D eigenvalue weighted by Crippen LogP contribution is -2.46. The lowest BCUT2D eigenvalue weighted by Gasteiger charge is -2.37. The number of hydrogen-bond acceptors (Lipinski definition) is 3. The number of hydrogen-bond donors (Lipinski definition) is 2. The van der Waals surface area contributed by atoms with Crippen molar-refractivity contribution in [2.24, 2.45) is 11.8 Å². The SMILES string of the molecule is O=C(O)[C@H]1C[C@H]1C(=O)N(CCCO)C1CCC1. The summed E-state index contributed by atoms with van der Waals surface area (Å²) in [4.78, 5) is 24.7. The van der Waals surface area contributed by atoms with Gasteiger partial charge in [-0.05, 0) is 32.1 Å². The third-order valence-electron chi connectivity index (χ3n) is 3.78. The fraction of sp³-hybridized carbons (Fsp3) is 0.833. The summed E-state index contributed by atoms with van der Waals surface area (Å²) in [6.07, 6.45) is 4.23. The number of amides is 1. The maximum Gasteiger partial charge on any atom is 0.307 e. The third-order valence-corrected chi connectivity index (χ3v) is 3.78. The molecule has 5 nitrogen and oxygen atoms in total. The molecule has 2 atom stereocenters. The van der Waals surface area contributed by atoms with Crippen molar-refractivity contribution in [1.29, 1.82) is 0 Å². The molecular formula is C12H19NO4. The highest BCUT2D eigenvalue weighted by Gasteiger charge is 2.50. The molecule has 2 rings (SSSR count). The second kappa shape index (κ2) is 5.04. The van der Waals surface area contributed by atoms with Gasteiger partial charge < -0.3 is 15.1 Å². The molecule has 0 aromatic rings. The van der Waals surface area contributed by atoms with Crippen LogP contribution in [0, 0.1) is 11.8 Å². The number of nitrogens with zero attached hydrogens (tertiary/aromatic N) is 1. The number of carbonyl (C=O) groups excluding carboxylic acids is 1. The van der Waals surface area contributed by atoms with Crippen molar-refractivity contribution < 1.29 is 19.8 Å². The molecule has 2 fully saturated rings. The van der Waals surface area contributed by atoms with Crippen molar-refractivity contribution in [3.8, 4) is 0 Å². The van der Waals surface area contributed by atoms with Gasteiger partial charge in [0.25, 0.3) is 0 Å². The van der Waals surface area contributed by atoms with Crippen LogP contribution in [0.1, 0.15) is 32.1 Å². The van der Waals surface area contributed by atoms with Gasteiger partial charge in [0.05, 0.1) is 11.8 Å². The second-order valence-electron chi connectivity index (χ2n) is 4.98. The molecule has 0 aromatic carbocycles. The summed E-state index contributed by atoms with van der Waals surface area (Å²) in [5.41, 5.74) is 0. The topological polar surface area (TPSA) is 77.8 Å². The van der Waals surface area contributed by atoms with E-state index >= 15 is 0 Å². The van der Waals surface area contributed by atoms with E-state index in [2.05, 4.69) is 0 Å². The predicted octanol–water partition coefficient (Wildman–Crippen LogP) is 0.471. The summed E-state index contributed by atoms with van der Waals surface area (Å²) in [5.74, 6) is -1.67. The Morgan fingerprint density at radius 3 is 2.35 bits per heavy atom. The van der Waals surface area contributed by atoms with Crippen LogP contribution < -0.4 is 0 Å². The van der Waals surface area contributed by atoms with Crippen molar-refractivity contribution in [2.75, 3.05) is 13.2 Å².